The number of nitrogens with zero attached hydrogens (tertiary/aromatic N) is 1. The Hall–Kier alpha value is -1.33. The minimum atomic E-state index is 0.461. The van der Waals surface area contributed by atoms with Gasteiger partial charge in [-0.1, -0.05) is 0 Å². The number of ether oxygens (including phenoxy) is 3. The summed E-state index contributed by atoms with van der Waals surface area (Å²) >= 11 is 0. The van der Waals surface area contributed by atoms with Gasteiger partial charge in [-0.15, -0.1) is 0 Å². The smallest absolute Gasteiger partial charge is 0.141 e. The Balaban J connectivity index is 1.78. The highest BCUT2D eigenvalue weighted by molar-refractivity contribution is 5.28. The Morgan fingerprint density at radius 1 is 1.28 bits per heavy atom. The predicted octanol–water partition coefficient (Wildman–Crippen LogP) is 1.24. The number of methoxy groups -OCH3 is 1. The van der Waals surface area contributed by atoms with E-state index in [1.165, 1.54) is 12.8 Å². The zero-order valence-corrected chi connectivity index (χ0v) is 10.7. The van der Waals surface area contributed by atoms with Crippen molar-refractivity contribution >= 4 is 0 Å². The minimum absolute atomic E-state index is 0.461. The van der Waals surface area contributed by atoms with E-state index in [1.807, 2.05) is 6.07 Å². The van der Waals surface area contributed by atoms with Gasteiger partial charge in [0.2, 0.25) is 0 Å². The fraction of sp³-hybridized carbons (Fsp3) is 0.615. The van der Waals surface area contributed by atoms with E-state index in [0.29, 0.717) is 31.6 Å². The van der Waals surface area contributed by atoms with Crippen LogP contribution in [0.3, 0.4) is 0 Å². The van der Waals surface area contributed by atoms with Crippen molar-refractivity contribution in [2.24, 2.45) is 0 Å². The van der Waals surface area contributed by atoms with Crippen molar-refractivity contribution in [3.05, 3.63) is 18.5 Å². The number of hydrogen-bond donors (Lipinski definition) is 1. The summed E-state index contributed by atoms with van der Waals surface area (Å²) in [5, 5.41) is 3.39. The van der Waals surface area contributed by atoms with Crippen molar-refractivity contribution in [3.63, 3.8) is 0 Å². The fourth-order valence-corrected chi connectivity index (χ4v) is 1.90. The summed E-state index contributed by atoms with van der Waals surface area (Å²) in [6.07, 6.45) is 5.79. The topological polar surface area (TPSA) is 52.6 Å². The van der Waals surface area contributed by atoms with Gasteiger partial charge < -0.3 is 19.5 Å². The number of hydrogen-bond acceptors (Lipinski definition) is 5. The highest BCUT2D eigenvalue weighted by Gasteiger charge is 2.14. The lowest BCUT2D eigenvalue weighted by Crippen LogP contribution is -2.28. The zero-order valence-electron chi connectivity index (χ0n) is 10.7. The molecular weight excluding hydrogens is 232 g/mol. The number of aromatic nitrogens is 1. The molecule has 1 aliphatic rings. The van der Waals surface area contributed by atoms with Gasteiger partial charge in [-0.3, -0.25) is 4.98 Å². The average molecular weight is 252 g/mol. The molecule has 100 valence electrons. The van der Waals surface area contributed by atoms with Crippen LogP contribution in [0.15, 0.2) is 18.5 Å². The zero-order chi connectivity index (χ0) is 12.6. The summed E-state index contributed by atoms with van der Waals surface area (Å²) in [5.41, 5.74) is 0. The van der Waals surface area contributed by atoms with Gasteiger partial charge in [-0.2, -0.15) is 0 Å². The van der Waals surface area contributed by atoms with Gasteiger partial charge in [0, 0.05) is 19.2 Å². The number of rotatable bonds is 7. The van der Waals surface area contributed by atoms with E-state index in [4.69, 9.17) is 14.2 Å². The summed E-state index contributed by atoms with van der Waals surface area (Å²) in [6.45, 7) is 2.86. The monoisotopic (exact) mass is 252 g/mol. The molecule has 0 aromatic carbocycles. The Bertz CT molecular complexity index is 354. The van der Waals surface area contributed by atoms with Crippen LogP contribution in [0, 0.1) is 0 Å². The highest BCUT2D eigenvalue weighted by Crippen LogP contribution is 2.18. The highest BCUT2D eigenvalue weighted by atomic mass is 16.5. The first-order valence-corrected chi connectivity index (χ1v) is 6.31. The third-order valence-corrected chi connectivity index (χ3v) is 2.86. The summed E-state index contributed by atoms with van der Waals surface area (Å²) < 4.78 is 16.1. The van der Waals surface area contributed by atoms with Crippen LogP contribution in [-0.4, -0.2) is 44.5 Å². The van der Waals surface area contributed by atoms with Crippen LogP contribution < -0.4 is 14.8 Å². The van der Waals surface area contributed by atoms with Crippen LogP contribution in [0.25, 0.3) is 0 Å². The molecule has 0 amide bonds. The molecule has 1 N–H and O–H groups in total. The van der Waals surface area contributed by atoms with Gasteiger partial charge in [-0.25, -0.2) is 0 Å². The third-order valence-electron chi connectivity index (χ3n) is 2.86. The van der Waals surface area contributed by atoms with Gasteiger partial charge in [0.1, 0.15) is 24.7 Å². The lowest BCUT2D eigenvalue weighted by Gasteiger charge is -2.12. The van der Waals surface area contributed by atoms with Crippen LogP contribution >= 0.6 is 0 Å². The SMILES string of the molecule is COCCOc1cncc(OCC2CCCN2)c1. The van der Waals surface area contributed by atoms with Gasteiger partial charge in [0.25, 0.3) is 0 Å². The predicted molar refractivity (Wildman–Crippen MR) is 68.1 cm³/mol. The van der Waals surface area contributed by atoms with Gasteiger partial charge >= 0.3 is 0 Å². The molecule has 1 saturated heterocycles. The maximum Gasteiger partial charge on any atom is 0.141 e. The van der Waals surface area contributed by atoms with E-state index in [9.17, 15) is 0 Å². The Kier molecular flexibility index (Phi) is 5.23. The van der Waals surface area contributed by atoms with Crippen LogP contribution in [0.5, 0.6) is 11.5 Å². The van der Waals surface area contributed by atoms with E-state index in [0.717, 1.165) is 12.3 Å². The number of pyridine rings is 1. The molecule has 1 atom stereocenters. The molecule has 0 saturated carbocycles. The lowest BCUT2D eigenvalue weighted by atomic mass is 10.2. The van der Waals surface area contributed by atoms with Crippen molar-refractivity contribution < 1.29 is 14.2 Å². The molecule has 2 heterocycles. The Labute approximate surface area is 107 Å². The van der Waals surface area contributed by atoms with E-state index < -0.39 is 0 Å². The summed E-state index contributed by atoms with van der Waals surface area (Å²) in [4.78, 5) is 4.10. The Morgan fingerprint density at radius 3 is 2.83 bits per heavy atom. The molecule has 18 heavy (non-hydrogen) atoms. The molecule has 0 bridgehead atoms. The van der Waals surface area contributed by atoms with Gasteiger partial charge in [0.05, 0.1) is 19.0 Å². The molecule has 1 aromatic rings. The molecular formula is C13H20N2O3. The Morgan fingerprint density at radius 2 is 2.11 bits per heavy atom. The molecule has 0 spiro atoms. The second-order valence-electron chi connectivity index (χ2n) is 4.30. The van der Waals surface area contributed by atoms with E-state index in [-0.39, 0.29) is 0 Å². The minimum Gasteiger partial charge on any atom is -0.490 e. The first kappa shape index (κ1) is 13.1. The van der Waals surface area contributed by atoms with E-state index >= 15 is 0 Å². The lowest BCUT2D eigenvalue weighted by molar-refractivity contribution is 0.146. The molecule has 1 fully saturated rings. The molecule has 1 aromatic heterocycles. The largest absolute Gasteiger partial charge is 0.490 e. The second kappa shape index (κ2) is 7.18. The average Bonchev–Trinajstić information content (AvgIpc) is 2.90. The van der Waals surface area contributed by atoms with Crippen molar-refractivity contribution in [2.75, 3.05) is 33.5 Å². The van der Waals surface area contributed by atoms with E-state index in [2.05, 4.69) is 10.3 Å². The normalized spacial score (nSPS) is 18.8. The second-order valence-corrected chi connectivity index (χ2v) is 4.30. The molecule has 1 unspecified atom stereocenters. The molecule has 2 rings (SSSR count). The maximum atomic E-state index is 5.70. The summed E-state index contributed by atoms with van der Waals surface area (Å²) in [6, 6.07) is 2.32. The standard InChI is InChI=1S/C13H20N2O3/c1-16-5-6-17-12-7-13(9-14-8-12)18-10-11-3-2-4-15-11/h7-9,11,15H,2-6,10H2,1H3. The van der Waals surface area contributed by atoms with Crippen molar-refractivity contribution in [1.29, 1.82) is 0 Å². The van der Waals surface area contributed by atoms with Crippen molar-refractivity contribution in [3.8, 4) is 11.5 Å². The van der Waals surface area contributed by atoms with Crippen LogP contribution in [-0.2, 0) is 4.74 Å². The van der Waals surface area contributed by atoms with Crippen LogP contribution in [0.1, 0.15) is 12.8 Å². The fourth-order valence-electron chi connectivity index (χ4n) is 1.90. The van der Waals surface area contributed by atoms with Gasteiger partial charge in [0.15, 0.2) is 0 Å². The summed E-state index contributed by atoms with van der Waals surface area (Å²) in [5.74, 6) is 1.46. The van der Waals surface area contributed by atoms with Crippen LogP contribution in [0.4, 0.5) is 0 Å². The molecule has 5 nitrogen and oxygen atoms in total. The van der Waals surface area contributed by atoms with Crippen LogP contribution in [0.2, 0.25) is 0 Å². The van der Waals surface area contributed by atoms with E-state index in [1.54, 1.807) is 19.5 Å². The van der Waals surface area contributed by atoms with Crippen molar-refractivity contribution in [1.82, 2.24) is 10.3 Å². The quantitative estimate of drug-likeness (QED) is 0.740. The first-order valence-electron chi connectivity index (χ1n) is 6.31. The number of nitrogens with one attached hydrogen (secondary N) is 1. The van der Waals surface area contributed by atoms with Gasteiger partial charge in [-0.05, 0) is 19.4 Å². The molecule has 1 aliphatic heterocycles. The first-order chi connectivity index (χ1) is 8.88. The molecule has 0 radical (unpaired) electrons. The van der Waals surface area contributed by atoms with Crippen molar-refractivity contribution in [2.45, 2.75) is 18.9 Å². The maximum absolute atomic E-state index is 5.70. The summed E-state index contributed by atoms with van der Waals surface area (Å²) in [7, 11) is 1.65. The molecule has 5 heteroatoms. The molecule has 0 aliphatic carbocycles. The third kappa shape index (κ3) is 4.16.